The second-order valence-corrected chi connectivity index (χ2v) is 6.11. The van der Waals surface area contributed by atoms with E-state index in [1.807, 2.05) is 0 Å². The summed E-state index contributed by atoms with van der Waals surface area (Å²) in [6.07, 6.45) is -0.176. The molecule has 142 valence electrons. The molecule has 0 N–H and O–H groups in total. The number of ether oxygens (including phenoxy) is 2. The number of nitrogens with zero attached hydrogens (tertiary/aromatic N) is 1. The molecule has 0 unspecified atom stereocenters. The van der Waals surface area contributed by atoms with Gasteiger partial charge in [0.2, 0.25) is 11.3 Å². The predicted octanol–water partition coefficient (Wildman–Crippen LogP) is -3.12. The number of β-lactam (4-membered cyclic amide) rings is 1. The first-order valence-corrected chi connectivity index (χ1v) is 8.59. The van der Waals surface area contributed by atoms with Crippen LogP contribution in [0.4, 0.5) is 0 Å². The molecule has 1 aromatic carbocycles. The number of rotatable bonds is 6. The van der Waals surface area contributed by atoms with Gasteiger partial charge in [-0.1, -0.05) is 30.3 Å². The van der Waals surface area contributed by atoms with Crippen LogP contribution in [0.1, 0.15) is 25.8 Å². The van der Waals surface area contributed by atoms with E-state index < -0.39 is 41.0 Å². The molecule has 9 heteroatoms. The third-order valence-corrected chi connectivity index (χ3v) is 4.77. The van der Waals surface area contributed by atoms with Crippen LogP contribution in [0.25, 0.3) is 5.57 Å². The minimum atomic E-state index is -2.07. The van der Waals surface area contributed by atoms with Crippen LogP contribution in [-0.4, -0.2) is 48.0 Å². The normalized spacial score (nSPS) is 19.3. The van der Waals surface area contributed by atoms with E-state index in [1.54, 1.807) is 44.2 Å². The van der Waals surface area contributed by atoms with Crippen LogP contribution < -0.4 is 34.7 Å². The van der Waals surface area contributed by atoms with Crippen molar-refractivity contribution in [2.75, 3.05) is 13.2 Å². The van der Waals surface area contributed by atoms with E-state index in [9.17, 15) is 24.3 Å². The number of carboxylic acid groups (broad SMARTS) is 1. The Morgan fingerprint density at radius 2 is 1.64 bits per heavy atom. The SMILES string of the molecule is CCOC(=O)C1(C(=O)OCC)C(c2ccccc2)=C(C(=O)[O-])N2C(=O)C[C@H]21.[Na+]. The Balaban J connectivity index is 0.00000280. The van der Waals surface area contributed by atoms with E-state index in [0.29, 0.717) is 5.56 Å². The molecule has 0 aliphatic carbocycles. The first-order chi connectivity index (χ1) is 12.9. The zero-order valence-corrected chi connectivity index (χ0v) is 17.9. The summed E-state index contributed by atoms with van der Waals surface area (Å²) in [7, 11) is 0. The molecule has 2 aliphatic rings. The molecule has 0 saturated carbocycles. The number of benzene rings is 1. The van der Waals surface area contributed by atoms with Gasteiger partial charge in [0.05, 0.1) is 37.3 Å². The van der Waals surface area contributed by atoms with Crippen LogP contribution in [-0.2, 0) is 28.7 Å². The summed E-state index contributed by atoms with van der Waals surface area (Å²) in [6.45, 7) is 3.09. The van der Waals surface area contributed by atoms with Crippen LogP contribution in [0.2, 0.25) is 0 Å². The molecule has 0 radical (unpaired) electrons. The van der Waals surface area contributed by atoms with Crippen molar-refractivity contribution in [2.45, 2.75) is 26.3 Å². The molecule has 0 bridgehead atoms. The number of fused-ring (bicyclic) bond motifs is 1. The monoisotopic (exact) mass is 395 g/mol. The maximum atomic E-state index is 13.0. The minimum absolute atomic E-state index is 0. The molecule has 1 aromatic rings. The summed E-state index contributed by atoms with van der Waals surface area (Å²) < 4.78 is 10.3. The summed E-state index contributed by atoms with van der Waals surface area (Å²) in [6, 6.07) is 7.06. The molecular formula is C19H18NNaO7. The smallest absolute Gasteiger partial charge is 0.543 e. The molecule has 0 spiro atoms. The van der Waals surface area contributed by atoms with Gasteiger partial charge in [0.15, 0.2) is 0 Å². The largest absolute Gasteiger partial charge is 1.00 e. The van der Waals surface area contributed by atoms with E-state index >= 15 is 0 Å². The van der Waals surface area contributed by atoms with Gasteiger partial charge < -0.3 is 24.3 Å². The molecule has 28 heavy (non-hydrogen) atoms. The number of amides is 1. The van der Waals surface area contributed by atoms with Gasteiger partial charge in [-0.25, -0.2) is 0 Å². The average Bonchev–Trinajstić information content (AvgIpc) is 2.89. The topological polar surface area (TPSA) is 113 Å². The van der Waals surface area contributed by atoms with Gasteiger partial charge in [0.25, 0.3) is 0 Å². The van der Waals surface area contributed by atoms with Gasteiger partial charge in [0, 0.05) is 5.57 Å². The number of carbonyl (C=O) groups excluding carboxylic acids is 4. The molecule has 2 heterocycles. The molecule has 2 aliphatic heterocycles. The minimum Gasteiger partial charge on any atom is -0.543 e. The Morgan fingerprint density at radius 3 is 2.07 bits per heavy atom. The first kappa shape index (κ1) is 22.1. The van der Waals surface area contributed by atoms with Gasteiger partial charge in [-0.3, -0.25) is 14.4 Å². The van der Waals surface area contributed by atoms with Gasteiger partial charge in [-0.15, -0.1) is 0 Å². The maximum Gasteiger partial charge on any atom is 1.00 e. The van der Waals surface area contributed by atoms with Crippen LogP contribution in [0.15, 0.2) is 36.0 Å². The standard InChI is InChI=1S/C19H19NO7.Na/c1-3-26-17(24)19(18(25)27-4-2)12-10-13(21)20(12)15(16(22)23)14(19)11-8-6-5-7-9-11;/h5-9,12H,3-4,10H2,1-2H3,(H,22,23);/q;+1/p-1/t12-;/m0./s1. The fourth-order valence-electron chi connectivity index (χ4n) is 3.74. The van der Waals surface area contributed by atoms with Crippen molar-refractivity contribution in [1.82, 2.24) is 4.90 Å². The second-order valence-electron chi connectivity index (χ2n) is 6.11. The van der Waals surface area contributed by atoms with Gasteiger partial charge >= 0.3 is 41.5 Å². The molecule has 1 atom stereocenters. The van der Waals surface area contributed by atoms with E-state index in [-0.39, 0.29) is 54.8 Å². The Labute approximate surface area is 183 Å². The number of hydrogen-bond donors (Lipinski definition) is 0. The van der Waals surface area contributed by atoms with E-state index in [4.69, 9.17) is 9.47 Å². The predicted molar refractivity (Wildman–Crippen MR) is 89.3 cm³/mol. The summed E-state index contributed by atoms with van der Waals surface area (Å²) in [5, 5.41) is 11.9. The van der Waals surface area contributed by atoms with Crippen molar-refractivity contribution < 1.29 is 63.3 Å². The fourth-order valence-corrected chi connectivity index (χ4v) is 3.74. The number of carboxylic acids is 1. The quantitative estimate of drug-likeness (QED) is 0.217. The van der Waals surface area contributed by atoms with Gasteiger partial charge in [-0.2, -0.15) is 0 Å². The molecule has 1 saturated heterocycles. The average molecular weight is 395 g/mol. The van der Waals surface area contributed by atoms with Crippen LogP contribution in [0.5, 0.6) is 0 Å². The van der Waals surface area contributed by atoms with Gasteiger partial charge in [-0.05, 0) is 19.4 Å². The summed E-state index contributed by atoms with van der Waals surface area (Å²) >= 11 is 0. The summed E-state index contributed by atoms with van der Waals surface area (Å²) in [5.41, 5.74) is -2.39. The fraction of sp³-hybridized carbons (Fsp3) is 0.368. The van der Waals surface area contributed by atoms with Crippen molar-refractivity contribution in [2.24, 2.45) is 5.41 Å². The van der Waals surface area contributed by atoms with Crippen molar-refractivity contribution in [3.05, 3.63) is 41.6 Å². The van der Waals surface area contributed by atoms with E-state index in [2.05, 4.69) is 0 Å². The maximum absolute atomic E-state index is 13.0. The molecule has 8 nitrogen and oxygen atoms in total. The van der Waals surface area contributed by atoms with E-state index in [1.165, 1.54) is 0 Å². The van der Waals surface area contributed by atoms with Gasteiger partial charge in [0.1, 0.15) is 0 Å². The summed E-state index contributed by atoms with van der Waals surface area (Å²) in [4.78, 5) is 51.0. The third-order valence-electron chi connectivity index (χ3n) is 4.77. The van der Waals surface area contributed by atoms with Crippen molar-refractivity contribution >= 4 is 29.4 Å². The number of aliphatic carboxylic acids is 1. The Morgan fingerprint density at radius 1 is 1.11 bits per heavy atom. The Bertz CT molecular complexity index is 831. The van der Waals surface area contributed by atoms with Crippen LogP contribution >= 0.6 is 0 Å². The summed E-state index contributed by atoms with van der Waals surface area (Å²) in [5.74, 6) is -4.05. The van der Waals surface area contributed by atoms with Crippen molar-refractivity contribution in [3.8, 4) is 0 Å². The molecule has 0 aromatic heterocycles. The molecule has 3 rings (SSSR count). The van der Waals surface area contributed by atoms with Crippen LogP contribution in [0.3, 0.4) is 0 Å². The van der Waals surface area contributed by atoms with Crippen molar-refractivity contribution in [3.63, 3.8) is 0 Å². The van der Waals surface area contributed by atoms with Crippen LogP contribution in [0, 0.1) is 5.41 Å². The number of carbonyl (C=O) groups is 4. The molecule has 1 amide bonds. The zero-order chi connectivity index (χ0) is 19.8. The third kappa shape index (κ3) is 3.05. The Hall–Kier alpha value is -2.16. The number of hydrogen-bond acceptors (Lipinski definition) is 7. The Kier molecular flexibility index (Phi) is 6.69. The van der Waals surface area contributed by atoms with Crippen molar-refractivity contribution in [1.29, 1.82) is 0 Å². The molecule has 1 fully saturated rings. The molecular weight excluding hydrogens is 377 g/mol. The zero-order valence-electron chi connectivity index (χ0n) is 15.9. The second kappa shape index (κ2) is 8.46. The van der Waals surface area contributed by atoms with E-state index in [0.717, 1.165) is 4.90 Å². The first-order valence-electron chi connectivity index (χ1n) is 8.59. The number of esters is 2.